The van der Waals surface area contributed by atoms with Crippen molar-refractivity contribution in [3.8, 4) is 23.0 Å². The molecule has 0 bridgehead atoms. The third-order valence-corrected chi connectivity index (χ3v) is 4.49. The number of ether oxygens (including phenoxy) is 4. The summed E-state index contributed by atoms with van der Waals surface area (Å²) in [5.41, 5.74) is 0.639. The normalized spacial score (nSPS) is 11.7. The van der Waals surface area contributed by atoms with Gasteiger partial charge in [-0.1, -0.05) is 11.6 Å². The number of methoxy groups -OCH3 is 2. The summed E-state index contributed by atoms with van der Waals surface area (Å²) in [4.78, 5) is 25.0. The van der Waals surface area contributed by atoms with Gasteiger partial charge in [-0.3, -0.25) is 9.59 Å². The van der Waals surface area contributed by atoms with Crippen molar-refractivity contribution >= 4 is 34.7 Å². The molecule has 0 heterocycles. The molecule has 0 saturated carbocycles. The Labute approximate surface area is 191 Å². The van der Waals surface area contributed by atoms with Gasteiger partial charge in [0.05, 0.1) is 38.1 Å². The van der Waals surface area contributed by atoms with Gasteiger partial charge in [0.2, 0.25) is 6.04 Å². The summed E-state index contributed by atoms with van der Waals surface area (Å²) < 4.78 is 21.4. The van der Waals surface area contributed by atoms with E-state index in [0.29, 0.717) is 52.6 Å². The SMILES string of the molecule is CCOc1cc(NC(=O)C(N=Nc2ccc(OC)cc2OC)C(C)=O)c(OCC)cc1Cl. The van der Waals surface area contributed by atoms with Crippen molar-refractivity contribution in [1.82, 2.24) is 0 Å². The van der Waals surface area contributed by atoms with Crippen LogP contribution in [0.4, 0.5) is 11.4 Å². The van der Waals surface area contributed by atoms with Crippen molar-refractivity contribution in [3.05, 3.63) is 35.4 Å². The molecule has 1 unspecified atom stereocenters. The molecule has 1 N–H and O–H groups in total. The van der Waals surface area contributed by atoms with Crippen LogP contribution < -0.4 is 24.3 Å². The molecule has 2 aromatic rings. The number of rotatable bonds is 11. The molecule has 0 saturated heterocycles. The second-order valence-corrected chi connectivity index (χ2v) is 6.81. The second-order valence-electron chi connectivity index (χ2n) is 6.40. The molecule has 1 atom stereocenters. The minimum absolute atomic E-state index is 0.299. The first-order valence-corrected chi connectivity index (χ1v) is 10.3. The van der Waals surface area contributed by atoms with E-state index < -0.39 is 17.7 Å². The molecule has 0 spiro atoms. The van der Waals surface area contributed by atoms with Crippen LogP contribution in [-0.2, 0) is 9.59 Å². The maximum atomic E-state index is 12.9. The maximum absolute atomic E-state index is 12.9. The Balaban J connectivity index is 2.32. The zero-order chi connectivity index (χ0) is 23.7. The maximum Gasteiger partial charge on any atom is 0.258 e. The number of amides is 1. The minimum Gasteiger partial charge on any atom is -0.497 e. The van der Waals surface area contributed by atoms with Crippen molar-refractivity contribution in [2.45, 2.75) is 26.8 Å². The summed E-state index contributed by atoms with van der Waals surface area (Å²) in [6.07, 6.45) is 0. The van der Waals surface area contributed by atoms with Crippen molar-refractivity contribution in [1.29, 1.82) is 0 Å². The Morgan fingerprint density at radius 3 is 2.28 bits per heavy atom. The number of hydrogen-bond acceptors (Lipinski definition) is 8. The van der Waals surface area contributed by atoms with Gasteiger partial charge in [0.25, 0.3) is 5.91 Å². The minimum atomic E-state index is -1.39. The predicted molar refractivity (Wildman–Crippen MR) is 121 cm³/mol. The highest BCUT2D eigenvalue weighted by atomic mass is 35.5. The van der Waals surface area contributed by atoms with Gasteiger partial charge in [-0.05, 0) is 32.9 Å². The molecule has 0 aromatic heterocycles. The van der Waals surface area contributed by atoms with Crippen molar-refractivity contribution < 1.29 is 28.5 Å². The molecular weight excluding hydrogens is 438 g/mol. The number of carbonyl (C=O) groups excluding carboxylic acids is 2. The Morgan fingerprint density at radius 2 is 1.69 bits per heavy atom. The summed E-state index contributed by atoms with van der Waals surface area (Å²) in [5, 5.41) is 11.0. The largest absolute Gasteiger partial charge is 0.497 e. The third kappa shape index (κ3) is 6.34. The number of anilines is 1. The van der Waals surface area contributed by atoms with Gasteiger partial charge in [0.1, 0.15) is 28.7 Å². The molecule has 32 heavy (non-hydrogen) atoms. The van der Waals surface area contributed by atoms with Gasteiger partial charge in [-0.15, -0.1) is 0 Å². The molecule has 0 fully saturated rings. The van der Waals surface area contributed by atoms with E-state index >= 15 is 0 Å². The van der Waals surface area contributed by atoms with E-state index in [1.54, 1.807) is 25.1 Å². The molecule has 0 aliphatic heterocycles. The number of nitrogens with zero attached hydrogens (tertiary/aromatic N) is 2. The van der Waals surface area contributed by atoms with Crippen molar-refractivity contribution in [2.75, 3.05) is 32.8 Å². The molecule has 1 amide bonds. The topological polar surface area (TPSA) is 108 Å². The number of nitrogens with one attached hydrogen (secondary N) is 1. The Kier molecular flexibility index (Phi) is 9.27. The highest BCUT2D eigenvalue weighted by Gasteiger charge is 2.25. The zero-order valence-electron chi connectivity index (χ0n) is 18.6. The molecule has 0 radical (unpaired) electrons. The Bertz CT molecular complexity index is 996. The van der Waals surface area contributed by atoms with E-state index in [4.69, 9.17) is 30.5 Å². The Morgan fingerprint density at radius 1 is 1.00 bits per heavy atom. The lowest BCUT2D eigenvalue weighted by molar-refractivity contribution is -0.126. The van der Waals surface area contributed by atoms with Gasteiger partial charge in [-0.2, -0.15) is 10.2 Å². The summed E-state index contributed by atoms with van der Waals surface area (Å²) in [5.74, 6) is 0.490. The summed E-state index contributed by atoms with van der Waals surface area (Å²) in [6.45, 7) is 5.59. The van der Waals surface area contributed by atoms with Crippen LogP contribution in [0, 0.1) is 0 Å². The van der Waals surface area contributed by atoms with Crippen LogP contribution in [0.2, 0.25) is 5.02 Å². The number of azo groups is 1. The van der Waals surface area contributed by atoms with Crippen molar-refractivity contribution in [2.24, 2.45) is 10.2 Å². The fraction of sp³-hybridized carbons (Fsp3) is 0.364. The molecule has 2 aromatic carbocycles. The number of halogens is 1. The standard InChI is InChI=1S/C22H26ClN3O6/c1-6-31-18-12-17(20(32-7-2)11-15(18)23)24-22(28)21(13(3)27)26-25-16-9-8-14(29-4)10-19(16)30-5/h8-12,21H,6-7H2,1-5H3,(H,24,28). The summed E-state index contributed by atoms with van der Waals surface area (Å²) in [7, 11) is 2.99. The number of Topliss-reactive ketones (excluding diaryl/α,β-unsaturated/α-hetero) is 1. The van der Waals surface area contributed by atoms with Gasteiger partial charge >= 0.3 is 0 Å². The van der Waals surface area contributed by atoms with E-state index in [-0.39, 0.29) is 0 Å². The van der Waals surface area contributed by atoms with E-state index in [2.05, 4.69) is 15.5 Å². The highest BCUT2D eigenvalue weighted by molar-refractivity contribution is 6.32. The van der Waals surface area contributed by atoms with E-state index in [1.165, 1.54) is 33.3 Å². The van der Waals surface area contributed by atoms with Gasteiger partial charge in [0, 0.05) is 18.2 Å². The van der Waals surface area contributed by atoms with E-state index in [0.717, 1.165) is 0 Å². The lowest BCUT2D eigenvalue weighted by Crippen LogP contribution is -2.32. The average molecular weight is 464 g/mol. The zero-order valence-corrected chi connectivity index (χ0v) is 19.4. The molecule has 0 aliphatic carbocycles. The summed E-state index contributed by atoms with van der Waals surface area (Å²) >= 11 is 6.21. The van der Waals surface area contributed by atoms with Crippen LogP contribution in [0.3, 0.4) is 0 Å². The lowest BCUT2D eigenvalue weighted by atomic mass is 10.2. The van der Waals surface area contributed by atoms with Crippen LogP contribution in [0.25, 0.3) is 0 Å². The van der Waals surface area contributed by atoms with E-state index in [1.807, 2.05) is 6.92 Å². The quantitative estimate of drug-likeness (QED) is 0.377. The number of benzene rings is 2. The molecular formula is C22H26ClN3O6. The first kappa shape index (κ1) is 24.9. The molecule has 2 rings (SSSR count). The lowest BCUT2D eigenvalue weighted by Gasteiger charge is -2.16. The van der Waals surface area contributed by atoms with Gasteiger partial charge in [-0.25, -0.2) is 0 Å². The van der Waals surface area contributed by atoms with Crippen LogP contribution in [0.1, 0.15) is 20.8 Å². The Hall–Kier alpha value is -3.33. The first-order chi connectivity index (χ1) is 15.3. The van der Waals surface area contributed by atoms with E-state index in [9.17, 15) is 9.59 Å². The predicted octanol–water partition coefficient (Wildman–Crippen LogP) is 4.83. The van der Waals surface area contributed by atoms with Crippen LogP contribution in [0.5, 0.6) is 23.0 Å². The van der Waals surface area contributed by atoms with Crippen LogP contribution in [0.15, 0.2) is 40.6 Å². The van der Waals surface area contributed by atoms with Crippen LogP contribution >= 0.6 is 11.6 Å². The average Bonchev–Trinajstić information content (AvgIpc) is 2.77. The monoisotopic (exact) mass is 463 g/mol. The fourth-order valence-electron chi connectivity index (χ4n) is 2.68. The van der Waals surface area contributed by atoms with Crippen molar-refractivity contribution in [3.63, 3.8) is 0 Å². The number of carbonyl (C=O) groups is 2. The molecule has 10 heteroatoms. The highest BCUT2D eigenvalue weighted by Crippen LogP contribution is 2.37. The molecule has 172 valence electrons. The number of hydrogen-bond donors (Lipinski definition) is 1. The first-order valence-electron chi connectivity index (χ1n) is 9.87. The molecule has 9 nitrogen and oxygen atoms in total. The van der Waals surface area contributed by atoms with Gasteiger partial charge in [0.15, 0.2) is 5.78 Å². The molecule has 0 aliphatic rings. The third-order valence-electron chi connectivity index (χ3n) is 4.19. The summed E-state index contributed by atoms with van der Waals surface area (Å²) in [6, 6.07) is 6.58. The number of ketones is 1. The van der Waals surface area contributed by atoms with Gasteiger partial charge < -0.3 is 24.3 Å². The smallest absolute Gasteiger partial charge is 0.258 e. The second kappa shape index (κ2) is 11.9. The van der Waals surface area contributed by atoms with Crippen LogP contribution in [-0.4, -0.2) is 45.2 Å². The fourth-order valence-corrected chi connectivity index (χ4v) is 2.89.